The molecule has 1 aromatic carbocycles. The summed E-state index contributed by atoms with van der Waals surface area (Å²) in [4.78, 5) is 19.8. The van der Waals surface area contributed by atoms with E-state index in [2.05, 4.69) is 4.74 Å². The normalized spacial score (nSPS) is 20.0. The Hall–Kier alpha value is -2.36. The van der Waals surface area contributed by atoms with Gasteiger partial charge in [0.05, 0.1) is 26.4 Å². The number of ether oxygens (including phenoxy) is 5. The summed E-state index contributed by atoms with van der Waals surface area (Å²) in [6, 6.07) is 9.80. The molecule has 8 nitrogen and oxygen atoms in total. The van der Waals surface area contributed by atoms with Gasteiger partial charge in [0.1, 0.15) is 12.2 Å². The molecule has 2 unspecified atom stereocenters. The van der Waals surface area contributed by atoms with E-state index in [-0.39, 0.29) is 6.15 Å². The fourth-order valence-corrected chi connectivity index (χ4v) is 2.03. The molecule has 0 saturated carbocycles. The summed E-state index contributed by atoms with van der Waals surface area (Å²) in [6.45, 7) is 10.2. The standard InChI is InChI=1S/C10H18O4.C8H7.C4H2O3.H3N/c1(3-11-5-9-7-13-9)2-4-12-6-10-8-14-10;1-2-8-6-4-3-5-7-8;5-3-1-2-4(6)7-3;/h9-10H,1-8H2;1-7H;1-2H;1H3/q;-1;;/p+1. The van der Waals surface area contributed by atoms with Gasteiger partial charge in [-0.2, -0.15) is 5.56 Å². The van der Waals surface area contributed by atoms with Gasteiger partial charge in [-0.15, -0.1) is 12.1 Å². The monoisotopic (exact) mass is 421 g/mol. The Morgan fingerprint density at radius 3 is 1.67 bits per heavy atom. The quantitative estimate of drug-likeness (QED) is 0.202. The molecule has 2 saturated heterocycles. The van der Waals surface area contributed by atoms with E-state index in [0.717, 1.165) is 70.2 Å². The Balaban J connectivity index is 0.000000241. The SMILES string of the molecule is C(CCOCC1CO1)COCC1CO1.O=C1C=CC(=O)O1.[CH-]=Cc1ccccc1.[NH4+]. The molecular weight excluding hydrogens is 390 g/mol. The van der Waals surface area contributed by atoms with Crippen LogP contribution in [0.2, 0.25) is 0 Å². The van der Waals surface area contributed by atoms with Crippen LogP contribution in [0, 0.1) is 6.58 Å². The van der Waals surface area contributed by atoms with Crippen molar-refractivity contribution in [3.8, 4) is 0 Å². The van der Waals surface area contributed by atoms with Crippen molar-refractivity contribution in [3.05, 3.63) is 54.6 Å². The van der Waals surface area contributed by atoms with Crippen LogP contribution in [0.4, 0.5) is 0 Å². The Labute approximate surface area is 177 Å². The summed E-state index contributed by atoms with van der Waals surface area (Å²) in [7, 11) is 0. The molecule has 0 aromatic heterocycles. The van der Waals surface area contributed by atoms with Gasteiger partial charge in [-0.05, 0) is 12.8 Å². The van der Waals surface area contributed by atoms with E-state index in [4.69, 9.17) is 25.5 Å². The molecule has 4 rings (SSSR count). The summed E-state index contributed by atoms with van der Waals surface area (Å²) in [5.41, 5.74) is 1.06. The number of hydrogen-bond acceptors (Lipinski definition) is 7. The van der Waals surface area contributed by atoms with Gasteiger partial charge in [-0.1, -0.05) is 18.2 Å². The van der Waals surface area contributed by atoms with Gasteiger partial charge in [0, 0.05) is 25.4 Å². The van der Waals surface area contributed by atoms with E-state index in [1.54, 1.807) is 6.08 Å². The molecule has 0 amide bonds. The minimum absolute atomic E-state index is 0. The van der Waals surface area contributed by atoms with Crippen molar-refractivity contribution in [1.29, 1.82) is 0 Å². The van der Waals surface area contributed by atoms with Crippen molar-refractivity contribution in [3.63, 3.8) is 0 Å². The average Bonchev–Trinajstić information content (AvgIpc) is 3.66. The second kappa shape index (κ2) is 15.5. The van der Waals surface area contributed by atoms with Crippen LogP contribution < -0.4 is 6.15 Å². The zero-order valence-electron chi connectivity index (χ0n) is 17.4. The van der Waals surface area contributed by atoms with Gasteiger partial charge >= 0.3 is 11.9 Å². The molecule has 0 radical (unpaired) electrons. The molecule has 4 N–H and O–H groups in total. The van der Waals surface area contributed by atoms with Gasteiger partial charge in [-0.25, -0.2) is 15.7 Å². The van der Waals surface area contributed by atoms with Crippen LogP contribution in [0.15, 0.2) is 42.5 Å². The van der Waals surface area contributed by atoms with Crippen molar-refractivity contribution in [2.24, 2.45) is 0 Å². The number of rotatable bonds is 10. The van der Waals surface area contributed by atoms with Crippen molar-refractivity contribution < 1.29 is 33.3 Å². The molecule has 2 fully saturated rings. The first-order valence-electron chi connectivity index (χ1n) is 9.60. The number of cyclic esters (lactones) is 2. The van der Waals surface area contributed by atoms with Crippen molar-refractivity contribution in [2.75, 3.05) is 39.6 Å². The molecule has 166 valence electrons. The van der Waals surface area contributed by atoms with E-state index in [1.165, 1.54) is 0 Å². The number of benzene rings is 1. The fourth-order valence-electron chi connectivity index (χ4n) is 2.03. The number of esters is 2. The fraction of sp³-hybridized carbons (Fsp3) is 0.455. The first-order valence-corrected chi connectivity index (χ1v) is 9.60. The topological polar surface area (TPSA) is 123 Å². The molecule has 1 aromatic rings. The van der Waals surface area contributed by atoms with Crippen molar-refractivity contribution in [2.45, 2.75) is 25.0 Å². The Bertz CT molecular complexity index is 621. The van der Waals surface area contributed by atoms with Crippen LogP contribution in [-0.4, -0.2) is 63.8 Å². The number of carbonyl (C=O) groups excluding carboxylic acids is 2. The van der Waals surface area contributed by atoms with E-state index in [1.807, 2.05) is 30.3 Å². The Kier molecular flexibility index (Phi) is 13.2. The van der Waals surface area contributed by atoms with Gasteiger partial charge in [0.25, 0.3) is 0 Å². The Morgan fingerprint density at radius 2 is 1.37 bits per heavy atom. The molecule has 3 heterocycles. The predicted octanol–water partition coefficient (Wildman–Crippen LogP) is 2.73. The van der Waals surface area contributed by atoms with Crippen LogP contribution in [0.5, 0.6) is 0 Å². The Morgan fingerprint density at radius 1 is 0.900 bits per heavy atom. The second-order valence-electron chi connectivity index (χ2n) is 6.42. The highest BCUT2D eigenvalue weighted by atomic mass is 16.6. The summed E-state index contributed by atoms with van der Waals surface area (Å²) in [5, 5.41) is 0. The second-order valence-corrected chi connectivity index (χ2v) is 6.42. The molecule has 8 heteroatoms. The van der Waals surface area contributed by atoms with Crippen LogP contribution in [0.1, 0.15) is 18.4 Å². The summed E-state index contributed by atoms with van der Waals surface area (Å²) in [5.74, 6) is -1.16. The number of epoxide rings is 2. The summed E-state index contributed by atoms with van der Waals surface area (Å²) < 4.78 is 24.8. The third-order valence-corrected chi connectivity index (χ3v) is 3.79. The molecule has 0 aliphatic carbocycles. The van der Waals surface area contributed by atoms with Gasteiger partial charge < -0.3 is 29.8 Å². The lowest BCUT2D eigenvalue weighted by atomic mass is 10.2. The maximum atomic E-state index is 9.92. The maximum absolute atomic E-state index is 9.92. The lowest BCUT2D eigenvalue weighted by Crippen LogP contribution is -2.05. The van der Waals surface area contributed by atoms with Crippen molar-refractivity contribution in [1.82, 2.24) is 6.15 Å². The minimum Gasteiger partial charge on any atom is -0.387 e. The van der Waals surface area contributed by atoms with Gasteiger partial charge in [0.15, 0.2) is 0 Å². The molecule has 3 aliphatic rings. The number of unbranched alkanes of at least 4 members (excludes halogenated alkanes) is 1. The lowest BCUT2D eigenvalue weighted by molar-refractivity contribution is -0.150. The van der Waals surface area contributed by atoms with Crippen LogP contribution in [-0.2, 0) is 33.3 Å². The number of hydrogen-bond donors (Lipinski definition) is 1. The first kappa shape index (κ1) is 25.7. The molecule has 0 spiro atoms. The molecule has 30 heavy (non-hydrogen) atoms. The lowest BCUT2D eigenvalue weighted by Gasteiger charge is -2.03. The molecule has 3 aliphatic heterocycles. The molecule has 0 bridgehead atoms. The third kappa shape index (κ3) is 13.8. The van der Waals surface area contributed by atoms with Crippen molar-refractivity contribution >= 4 is 18.0 Å². The highest BCUT2D eigenvalue weighted by molar-refractivity contribution is 6.04. The highest BCUT2D eigenvalue weighted by Crippen LogP contribution is 2.10. The summed E-state index contributed by atoms with van der Waals surface area (Å²) >= 11 is 0. The molecule has 2 atom stereocenters. The van der Waals surface area contributed by atoms with Crippen LogP contribution in [0.25, 0.3) is 6.08 Å². The molecular formula is C22H31NO7. The largest absolute Gasteiger partial charge is 0.387 e. The zero-order chi connectivity index (χ0) is 20.7. The predicted molar refractivity (Wildman–Crippen MR) is 112 cm³/mol. The zero-order valence-corrected chi connectivity index (χ0v) is 17.4. The van der Waals surface area contributed by atoms with E-state index in [0.29, 0.717) is 12.2 Å². The average molecular weight is 421 g/mol. The third-order valence-electron chi connectivity index (χ3n) is 3.79. The maximum Gasteiger partial charge on any atom is 0.338 e. The number of carbonyl (C=O) groups is 2. The van der Waals surface area contributed by atoms with Gasteiger partial charge in [-0.3, -0.25) is 6.58 Å². The van der Waals surface area contributed by atoms with E-state index >= 15 is 0 Å². The van der Waals surface area contributed by atoms with E-state index < -0.39 is 11.9 Å². The minimum atomic E-state index is -0.579. The smallest absolute Gasteiger partial charge is 0.338 e. The summed E-state index contributed by atoms with van der Waals surface area (Å²) in [6.07, 6.45) is 6.66. The number of quaternary nitrogens is 1. The van der Waals surface area contributed by atoms with E-state index in [9.17, 15) is 9.59 Å². The highest BCUT2D eigenvalue weighted by Gasteiger charge is 2.22. The van der Waals surface area contributed by atoms with Gasteiger partial charge in [0.2, 0.25) is 0 Å². The first-order chi connectivity index (χ1) is 14.2. The van der Waals surface area contributed by atoms with Crippen LogP contribution in [0.3, 0.4) is 0 Å². The van der Waals surface area contributed by atoms with Crippen LogP contribution >= 0.6 is 0 Å².